The van der Waals surface area contributed by atoms with E-state index >= 15 is 0 Å². The van der Waals surface area contributed by atoms with E-state index in [4.69, 9.17) is 40.2 Å². The molecule has 1 atom stereocenters. The second kappa shape index (κ2) is 7.94. The average molecular weight is 346 g/mol. The maximum absolute atomic E-state index is 6.13. The molecule has 0 spiro atoms. The number of hydrogen-bond donors (Lipinski definition) is 2. The molecule has 1 heterocycles. The predicted molar refractivity (Wildman–Crippen MR) is 91.4 cm³/mol. The first-order chi connectivity index (χ1) is 10.1. The number of rotatable bonds is 4. The van der Waals surface area contributed by atoms with Crippen LogP contribution in [0.15, 0.2) is 23.3 Å². The Morgan fingerprint density at radius 1 is 1.48 bits per heavy atom. The van der Waals surface area contributed by atoms with Crippen LogP contribution in [0.3, 0.4) is 0 Å². The number of nitrogens with one attached hydrogen (secondary N) is 2. The number of ether oxygens (including phenoxy) is 1. The van der Waals surface area contributed by atoms with Crippen molar-refractivity contribution in [2.45, 2.75) is 25.9 Å². The van der Waals surface area contributed by atoms with Crippen molar-refractivity contribution in [1.82, 2.24) is 10.7 Å². The highest BCUT2D eigenvalue weighted by atomic mass is 35.5. The summed E-state index contributed by atoms with van der Waals surface area (Å²) in [5, 5.41) is 8.94. The molecule has 7 heteroatoms. The van der Waals surface area contributed by atoms with E-state index in [0.717, 1.165) is 30.7 Å². The SMILES string of the molecule is C/C(=N/NC(=S)NC[C@H]1CCCO1)c1ccc(Cl)cc1Cl. The summed E-state index contributed by atoms with van der Waals surface area (Å²) in [6.07, 6.45) is 2.41. The lowest BCUT2D eigenvalue weighted by molar-refractivity contribution is 0.114. The molecular weight excluding hydrogens is 329 g/mol. The van der Waals surface area contributed by atoms with Gasteiger partial charge in [0.1, 0.15) is 0 Å². The third-order valence-corrected chi connectivity index (χ3v) is 3.94. The Morgan fingerprint density at radius 2 is 2.29 bits per heavy atom. The van der Waals surface area contributed by atoms with Crippen LogP contribution in [-0.2, 0) is 4.74 Å². The van der Waals surface area contributed by atoms with Gasteiger partial charge >= 0.3 is 0 Å². The molecule has 0 amide bonds. The zero-order valence-electron chi connectivity index (χ0n) is 11.7. The normalized spacial score (nSPS) is 18.6. The number of hydrogen-bond acceptors (Lipinski definition) is 3. The van der Waals surface area contributed by atoms with Crippen molar-refractivity contribution in [3.63, 3.8) is 0 Å². The van der Waals surface area contributed by atoms with Gasteiger partial charge in [-0.25, -0.2) is 0 Å². The van der Waals surface area contributed by atoms with Gasteiger partial charge in [0.05, 0.1) is 16.8 Å². The first-order valence-electron chi connectivity index (χ1n) is 6.71. The topological polar surface area (TPSA) is 45.7 Å². The van der Waals surface area contributed by atoms with E-state index in [1.807, 2.05) is 13.0 Å². The summed E-state index contributed by atoms with van der Waals surface area (Å²) in [4.78, 5) is 0. The van der Waals surface area contributed by atoms with Crippen LogP contribution >= 0.6 is 35.4 Å². The van der Waals surface area contributed by atoms with Crippen molar-refractivity contribution >= 4 is 46.2 Å². The van der Waals surface area contributed by atoms with Gasteiger partial charge in [-0.2, -0.15) is 5.10 Å². The molecule has 2 N–H and O–H groups in total. The molecule has 1 aliphatic heterocycles. The van der Waals surface area contributed by atoms with Gasteiger partial charge in [-0.3, -0.25) is 5.43 Å². The van der Waals surface area contributed by atoms with Gasteiger partial charge in [0.15, 0.2) is 5.11 Å². The highest BCUT2D eigenvalue weighted by Gasteiger charge is 2.15. The Hall–Kier alpha value is -0.880. The lowest BCUT2D eigenvalue weighted by Gasteiger charge is -2.12. The van der Waals surface area contributed by atoms with Gasteiger partial charge < -0.3 is 10.1 Å². The molecule has 0 saturated carbocycles. The second-order valence-electron chi connectivity index (χ2n) is 4.78. The number of benzene rings is 1. The molecular formula is C14H17Cl2N3OS. The molecule has 1 aliphatic rings. The van der Waals surface area contributed by atoms with Crippen molar-refractivity contribution in [1.29, 1.82) is 0 Å². The van der Waals surface area contributed by atoms with Crippen LogP contribution in [0.1, 0.15) is 25.3 Å². The van der Waals surface area contributed by atoms with Gasteiger partial charge in [-0.15, -0.1) is 0 Å². The quantitative estimate of drug-likeness (QED) is 0.499. The zero-order valence-corrected chi connectivity index (χ0v) is 14.0. The Morgan fingerprint density at radius 3 is 2.95 bits per heavy atom. The molecule has 1 aromatic rings. The minimum absolute atomic E-state index is 0.237. The second-order valence-corrected chi connectivity index (χ2v) is 6.03. The standard InChI is InChI=1S/C14H17Cl2N3OS/c1-9(12-5-4-10(15)7-13(12)16)18-19-14(21)17-8-11-3-2-6-20-11/h4-5,7,11H,2-3,6,8H2,1H3,(H2,17,19,21)/b18-9-/t11-/m1/s1. The predicted octanol–water partition coefficient (Wildman–Crippen LogP) is 3.36. The summed E-state index contributed by atoms with van der Waals surface area (Å²) < 4.78 is 5.51. The van der Waals surface area contributed by atoms with Crippen LogP contribution in [0.25, 0.3) is 0 Å². The van der Waals surface area contributed by atoms with E-state index in [1.165, 1.54) is 0 Å². The fourth-order valence-corrected chi connectivity index (χ4v) is 2.70. The molecule has 0 bridgehead atoms. The van der Waals surface area contributed by atoms with Crippen LogP contribution in [0, 0.1) is 0 Å². The lowest BCUT2D eigenvalue weighted by Crippen LogP contribution is -2.37. The molecule has 1 aromatic carbocycles. The first kappa shape index (κ1) is 16.5. The summed E-state index contributed by atoms with van der Waals surface area (Å²) in [7, 11) is 0. The minimum Gasteiger partial charge on any atom is -0.376 e. The number of thiocarbonyl (C=S) groups is 1. The molecule has 0 radical (unpaired) electrons. The van der Waals surface area contributed by atoms with Gasteiger partial charge in [0, 0.05) is 23.7 Å². The highest BCUT2D eigenvalue weighted by Crippen LogP contribution is 2.21. The lowest BCUT2D eigenvalue weighted by atomic mass is 10.1. The maximum Gasteiger partial charge on any atom is 0.187 e. The number of halogens is 2. The van der Waals surface area contributed by atoms with Crippen molar-refractivity contribution in [2.24, 2.45) is 5.10 Å². The van der Waals surface area contributed by atoms with Gasteiger partial charge in [-0.1, -0.05) is 29.3 Å². The van der Waals surface area contributed by atoms with Crippen molar-refractivity contribution < 1.29 is 4.74 Å². The van der Waals surface area contributed by atoms with Crippen molar-refractivity contribution in [2.75, 3.05) is 13.2 Å². The van der Waals surface area contributed by atoms with Crippen LogP contribution in [0.2, 0.25) is 10.0 Å². The summed E-state index contributed by atoms with van der Waals surface area (Å²) in [6.45, 7) is 3.38. The van der Waals surface area contributed by atoms with E-state index in [0.29, 0.717) is 21.7 Å². The summed E-state index contributed by atoms with van der Waals surface area (Å²) in [5.74, 6) is 0. The summed E-state index contributed by atoms with van der Waals surface area (Å²) in [6, 6.07) is 5.29. The first-order valence-corrected chi connectivity index (χ1v) is 7.88. The Labute approximate surface area is 139 Å². The molecule has 114 valence electrons. The molecule has 1 saturated heterocycles. The van der Waals surface area contributed by atoms with Crippen LogP contribution < -0.4 is 10.7 Å². The Kier molecular flexibility index (Phi) is 6.23. The van der Waals surface area contributed by atoms with E-state index in [9.17, 15) is 0 Å². The van der Waals surface area contributed by atoms with E-state index in [2.05, 4.69) is 15.8 Å². The van der Waals surface area contributed by atoms with Crippen LogP contribution in [0.5, 0.6) is 0 Å². The molecule has 4 nitrogen and oxygen atoms in total. The third kappa shape index (κ3) is 5.11. The average Bonchev–Trinajstić information content (AvgIpc) is 2.95. The maximum atomic E-state index is 6.13. The number of hydrazone groups is 1. The zero-order chi connectivity index (χ0) is 15.2. The molecule has 0 aromatic heterocycles. The van der Waals surface area contributed by atoms with Gasteiger partial charge in [0.2, 0.25) is 0 Å². The van der Waals surface area contributed by atoms with E-state index < -0.39 is 0 Å². The van der Waals surface area contributed by atoms with Gasteiger partial charge in [-0.05, 0) is 44.1 Å². The highest BCUT2D eigenvalue weighted by molar-refractivity contribution is 7.80. The van der Waals surface area contributed by atoms with Crippen LogP contribution in [0.4, 0.5) is 0 Å². The van der Waals surface area contributed by atoms with Crippen molar-refractivity contribution in [3.8, 4) is 0 Å². The molecule has 2 rings (SSSR count). The minimum atomic E-state index is 0.237. The van der Waals surface area contributed by atoms with E-state index in [-0.39, 0.29) is 6.10 Å². The van der Waals surface area contributed by atoms with Gasteiger partial charge in [0.25, 0.3) is 0 Å². The van der Waals surface area contributed by atoms with Crippen LogP contribution in [-0.4, -0.2) is 30.1 Å². The Balaban J connectivity index is 1.85. The molecule has 0 unspecified atom stereocenters. The number of nitrogens with zero attached hydrogens (tertiary/aromatic N) is 1. The Bertz CT molecular complexity index is 545. The fraction of sp³-hybridized carbons (Fsp3) is 0.429. The van der Waals surface area contributed by atoms with E-state index in [1.54, 1.807) is 12.1 Å². The summed E-state index contributed by atoms with van der Waals surface area (Å²) in [5.41, 5.74) is 4.36. The van der Waals surface area contributed by atoms with Crippen molar-refractivity contribution in [3.05, 3.63) is 33.8 Å². The largest absolute Gasteiger partial charge is 0.376 e. The molecule has 0 aliphatic carbocycles. The fourth-order valence-electron chi connectivity index (χ4n) is 2.03. The molecule has 21 heavy (non-hydrogen) atoms. The third-order valence-electron chi connectivity index (χ3n) is 3.16. The monoisotopic (exact) mass is 345 g/mol. The molecule has 1 fully saturated rings. The smallest absolute Gasteiger partial charge is 0.187 e. The summed E-state index contributed by atoms with van der Waals surface area (Å²) >= 11 is 17.2.